The second kappa shape index (κ2) is 10.4. The van der Waals surface area contributed by atoms with Crippen LogP contribution < -0.4 is 26.0 Å². The Balaban J connectivity index is 1.44. The summed E-state index contributed by atoms with van der Waals surface area (Å²) in [4.78, 5) is 25.6. The molecular weight excluding hydrogens is 454 g/mol. The summed E-state index contributed by atoms with van der Waals surface area (Å²) in [6.45, 7) is 5.43. The van der Waals surface area contributed by atoms with Crippen LogP contribution in [-0.2, 0) is 4.79 Å². The predicted molar refractivity (Wildman–Crippen MR) is 143 cm³/mol. The summed E-state index contributed by atoms with van der Waals surface area (Å²) in [5, 5.41) is 13.7. The van der Waals surface area contributed by atoms with E-state index in [-0.39, 0.29) is 5.91 Å². The van der Waals surface area contributed by atoms with E-state index < -0.39 is 0 Å². The van der Waals surface area contributed by atoms with E-state index in [4.69, 9.17) is 9.72 Å². The third kappa shape index (κ3) is 5.11. The Morgan fingerprint density at radius 1 is 1.17 bits per heavy atom. The number of amides is 1. The normalized spacial score (nSPS) is 14.9. The number of nitrogens with zero attached hydrogens (tertiary/aromatic N) is 3. The van der Waals surface area contributed by atoms with Crippen molar-refractivity contribution in [3.8, 4) is 17.0 Å². The molecule has 4 aromatic rings. The van der Waals surface area contributed by atoms with Crippen molar-refractivity contribution in [2.75, 3.05) is 36.1 Å². The number of carbonyl (C=O) groups is 1. The van der Waals surface area contributed by atoms with Gasteiger partial charge in [0.25, 0.3) is 0 Å². The Hall–Kier alpha value is -4.50. The molecule has 9 nitrogen and oxygen atoms in total. The lowest BCUT2D eigenvalue weighted by Gasteiger charge is -2.15. The second-order valence-corrected chi connectivity index (χ2v) is 8.42. The number of aromatic nitrogens is 3. The Bertz CT molecular complexity index is 1420. The highest BCUT2D eigenvalue weighted by Gasteiger charge is 2.16. The molecule has 182 valence electrons. The van der Waals surface area contributed by atoms with E-state index in [9.17, 15) is 4.79 Å². The minimum Gasteiger partial charge on any atom is -0.479 e. The number of rotatable bonds is 8. The zero-order valence-electron chi connectivity index (χ0n) is 19.9. The highest BCUT2D eigenvalue weighted by molar-refractivity contribution is 6.00. The van der Waals surface area contributed by atoms with Crippen LogP contribution in [0.25, 0.3) is 22.0 Å². The number of hydrogen-bond donors (Lipinski definition) is 4. The maximum Gasteiger partial charge on any atom is 0.247 e. The van der Waals surface area contributed by atoms with Gasteiger partial charge < -0.3 is 26.0 Å². The molecule has 0 radical (unpaired) electrons. The van der Waals surface area contributed by atoms with Gasteiger partial charge in [-0.25, -0.2) is 9.97 Å². The molecule has 1 amide bonds. The highest BCUT2D eigenvalue weighted by atomic mass is 16.5. The molecule has 9 heteroatoms. The first-order chi connectivity index (χ1) is 17.6. The Morgan fingerprint density at radius 2 is 2.06 bits per heavy atom. The van der Waals surface area contributed by atoms with Crippen LogP contribution in [0.2, 0.25) is 0 Å². The number of carbonyl (C=O) groups excluding carboxylic acids is 1. The maximum atomic E-state index is 11.7. The smallest absolute Gasteiger partial charge is 0.247 e. The minimum atomic E-state index is -0.262. The van der Waals surface area contributed by atoms with Gasteiger partial charge in [0.1, 0.15) is 11.5 Å². The van der Waals surface area contributed by atoms with E-state index in [0.29, 0.717) is 29.2 Å². The molecule has 0 saturated carbocycles. The molecule has 1 fully saturated rings. The van der Waals surface area contributed by atoms with Gasteiger partial charge in [-0.2, -0.15) is 4.98 Å². The average molecular weight is 482 g/mol. The summed E-state index contributed by atoms with van der Waals surface area (Å²) < 4.78 is 5.53. The number of benzene rings is 2. The molecule has 2 aromatic carbocycles. The average Bonchev–Trinajstić information content (AvgIpc) is 3.42. The van der Waals surface area contributed by atoms with Crippen LogP contribution in [0.3, 0.4) is 0 Å². The second-order valence-electron chi connectivity index (χ2n) is 8.42. The third-order valence-electron chi connectivity index (χ3n) is 5.95. The fraction of sp³-hybridized carbons (Fsp3) is 0.185. The first-order valence-electron chi connectivity index (χ1n) is 11.7. The maximum absolute atomic E-state index is 11.7. The predicted octanol–water partition coefficient (Wildman–Crippen LogP) is 4.34. The van der Waals surface area contributed by atoms with Gasteiger partial charge in [-0.1, -0.05) is 36.9 Å². The number of ether oxygens (including phenoxy) is 1. The quantitative estimate of drug-likeness (QED) is 0.275. The lowest BCUT2D eigenvalue weighted by molar-refractivity contribution is -0.111. The molecule has 2 aromatic heterocycles. The summed E-state index contributed by atoms with van der Waals surface area (Å²) in [5.41, 5.74) is 3.96. The molecule has 36 heavy (non-hydrogen) atoms. The van der Waals surface area contributed by atoms with Gasteiger partial charge in [0.05, 0.1) is 12.6 Å². The fourth-order valence-electron chi connectivity index (χ4n) is 4.19. The molecule has 4 N–H and O–H groups in total. The van der Waals surface area contributed by atoms with E-state index in [1.165, 1.54) is 6.08 Å². The first-order valence-corrected chi connectivity index (χ1v) is 11.7. The van der Waals surface area contributed by atoms with Crippen molar-refractivity contribution >= 4 is 40.0 Å². The van der Waals surface area contributed by atoms with Gasteiger partial charge in [0, 0.05) is 35.4 Å². The monoisotopic (exact) mass is 481 g/mol. The summed E-state index contributed by atoms with van der Waals surface area (Å²) in [6.07, 6.45) is 4.08. The number of hydrogen-bond acceptors (Lipinski definition) is 8. The van der Waals surface area contributed by atoms with Crippen molar-refractivity contribution in [3.05, 3.63) is 73.4 Å². The topological polar surface area (TPSA) is 113 Å². The van der Waals surface area contributed by atoms with Crippen LogP contribution >= 0.6 is 0 Å². The number of nitrogens with one attached hydrogen (secondary N) is 4. The molecule has 0 spiro atoms. The highest BCUT2D eigenvalue weighted by Crippen LogP contribution is 2.31. The molecule has 3 heterocycles. The number of para-hydroxylation sites is 1. The van der Waals surface area contributed by atoms with E-state index >= 15 is 0 Å². The zero-order chi connectivity index (χ0) is 24.9. The number of fused-ring (bicyclic) bond motifs is 1. The van der Waals surface area contributed by atoms with Crippen LogP contribution in [0.4, 0.5) is 23.1 Å². The molecule has 1 aliphatic heterocycles. The van der Waals surface area contributed by atoms with Crippen LogP contribution in [0, 0.1) is 0 Å². The molecule has 0 aliphatic carbocycles. The lowest BCUT2D eigenvalue weighted by Crippen LogP contribution is -2.22. The van der Waals surface area contributed by atoms with E-state index in [1.807, 2.05) is 54.6 Å². The summed E-state index contributed by atoms with van der Waals surface area (Å²) >= 11 is 0. The Labute approximate surface area is 209 Å². The summed E-state index contributed by atoms with van der Waals surface area (Å²) in [6, 6.07) is 17.7. The van der Waals surface area contributed by atoms with Gasteiger partial charge in [-0.3, -0.25) is 4.79 Å². The number of pyridine rings is 1. The van der Waals surface area contributed by atoms with Gasteiger partial charge in [-0.15, -0.1) is 0 Å². The van der Waals surface area contributed by atoms with Crippen LogP contribution in [0.15, 0.2) is 73.4 Å². The molecule has 1 saturated heterocycles. The van der Waals surface area contributed by atoms with Crippen LogP contribution in [-0.4, -0.2) is 47.1 Å². The van der Waals surface area contributed by atoms with Crippen molar-refractivity contribution < 1.29 is 9.53 Å². The molecule has 0 bridgehead atoms. The van der Waals surface area contributed by atoms with Crippen molar-refractivity contribution in [1.29, 1.82) is 0 Å². The number of methoxy groups -OCH3 is 1. The first kappa shape index (κ1) is 23.3. The Kier molecular flexibility index (Phi) is 6.72. The third-order valence-corrected chi connectivity index (χ3v) is 5.95. The minimum absolute atomic E-state index is 0.262. The summed E-state index contributed by atoms with van der Waals surface area (Å²) in [5.74, 6) is 1.37. The van der Waals surface area contributed by atoms with E-state index in [0.717, 1.165) is 47.4 Å². The standard InChI is InChI=1S/C27H27N7O2/c1-3-24(35)31-19-8-4-6-17(14-19)21-9-5-7-18-15-29-27(34-25(18)21)32-22-10-11-23(33-26(22)36-2)30-20-12-13-28-16-20/h3-11,14-15,20,28H,1,12-13,16H2,2H3,(H,30,33)(H,31,35)(H,29,32,34)/t20-/m0/s1. The molecule has 5 rings (SSSR count). The SMILES string of the molecule is C=CC(=O)Nc1cccc(-c2cccc3cnc(Nc4ccc(N[C@H]5CCNC5)nc4OC)nc23)c1. The van der Waals surface area contributed by atoms with Crippen LogP contribution in [0.5, 0.6) is 5.88 Å². The Morgan fingerprint density at radius 3 is 2.86 bits per heavy atom. The fourth-order valence-corrected chi connectivity index (χ4v) is 4.19. The van der Waals surface area contributed by atoms with Crippen molar-refractivity contribution in [3.63, 3.8) is 0 Å². The van der Waals surface area contributed by atoms with E-state index in [2.05, 4.69) is 37.8 Å². The largest absolute Gasteiger partial charge is 0.479 e. The number of anilines is 4. The summed E-state index contributed by atoms with van der Waals surface area (Å²) in [7, 11) is 1.59. The van der Waals surface area contributed by atoms with Crippen molar-refractivity contribution in [2.24, 2.45) is 0 Å². The van der Waals surface area contributed by atoms with Gasteiger partial charge >= 0.3 is 0 Å². The zero-order valence-corrected chi connectivity index (χ0v) is 19.9. The van der Waals surface area contributed by atoms with Gasteiger partial charge in [-0.05, 0) is 48.9 Å². The van der Waals surface area contributed by atoms with Crippen molar-refractivity contribution in [1.82, 2.24) is 20.3 Å². The van der Waals surface area contributed by atoms with Crippen LogP contribution in [0.1, 0.15) is 6.42 Å². The molecule has 0 unspecified atom stereocenters. The van der Waals surface area contributed by atoms with Gasteiger partial charge in [0.2, 0.25) is 17.7 Å². The lowest BCUT2D eigenvalue weighted by atomic mass is 10.0. The molecule has 1 atom stereocenters. The molecular formula is C27H27N7O2. The van der Waals surface area contributed by atoms with E-state index in [1.54, 1.807) is 13.3 Å². The van der Waals surface area contributed by atoms with Crippen molar-refractivity contribution in [2.45, 2.75) is 12.5 Å². The van der Waals surface area contributed by atoms with Gasteiger partial charge in [0.15, 0.2) is 0 Å². The molecule has 1 aliphatic rings.